The van der Waals surface area contributed by atoms with Crippen molar-refractivity contribution in [2.24, 2.45) is 0 Å². The summed E-state index contributed by atoms with van der Waals surface area (Å²) in [6.45, 7) is 14.2. The molecule has 0 radical (unpaired) electrons. The molecular formula is C29H38N6O2S. The van der Waals surface area contributed by atoms with E-state index in [4.69, 9.17) is 0 Å². The number of aromatic nitrogens is 1. The maximum absolute atomic E-state index is 10.9. The number of piperazine rings is 2. The molecule has 2 fully saturated rings. The molecule has 202 valence electrons. The van der Waals surface area contributed by atoms with Gasteiger partial charge in [-0.2, -0.15) is 0 Å². The van der Waals surface area contributed by atoms with Crippen LogP contribution >= 0.6 is 11.3 Å². The highest BCUT2D eigenvalue weighted by molar-refractivity contribution is 7.09. The van der Waals surface area contributed by atoms with Crippen LogP contribution in [0.4, 0.5) is 11.4 Å². The maximum Gasteiger partial charge on any atom is 0.269 e. The molecule has 2 aliphatic rings. The van der Waals surface area contributed by atoms with Crippen molar-refractivity contribution in [2.75, 3.05) is 76.9 Å². The Labute approximate surface area is 229 Å². The molecule has 2 aliphatic heterocycles. The number of non-ortho nitro benzene ring substituents is 1. The van der Waals surface area contributed by atoms with E-state index in [1.54, 1.807) is 23.5 Å². The molecule has 9 heteroatoms. The number of hydrogen-bond acceptors (Lipinski definition) is 8. The van der Waals surface area contributed by atoms with Gasteiger partial charge in [-0.15, -0.1) is 11.3 Å². The van der Waals surface area contributed by atoms with E-state index in [1.165, 1.54) is 24.1 Å². The van der Waals surface area contributed by atoms with E-state index in [-0.39, 0.29) is 10.6 Å². The standard InChI is InChI=1S/C29H38N6O2S/c1-24-30-29(23-38-24)26-5-3-25(4-6-26)11-14-33-17-15-31(16-18-33)12-2-13-32-19-21-34(22-20-32)27-7-9-28(10-8-27)35(36)37/h3-10,23H,2,11-22H2,1H3. The molecule has 0 amide bonds. The molecule has 2 saturated heterocycles. The Morgan fingerprint density at radius 3 is 1.95 bits per heavy atom. The summed E-state index contributed by atoms with van der Waals surface area (Å²) >= 11 is 1.70. The highest BCUT2D eigenvalue weighted by Gasteiger charge is 2.20. The molecule has 3 aromatic rings. The van der Waals surface area contributed by atoms with E-state index in [0.717, 1.165) is 88.3 Å². The molecule has 0 N–H and O–H groups in total. The van der Waals surface area contributed by atoms with E-state index >= 15 is 0 Å². The molecule has 5 rings (SSSR count). The molecule has 0 spiro atoms. The SMILES string of the molecule is Cc1nc(-c2ccc(CCN3CCN(CCCN4CCN(c5ccc([N+](=O)[O-])cc5)CC4)CC3)cc2)cs1. The monoisotopic (exact) mass is 534 g/mol. The Morgan fingerprint density at radius 2 is 1.39 bits per heavy atom. The van der Waals surface area contributed by atoms with Crippen molar-refractivity contribution < 1.29 is 4.92 Å². The van der Waals surface area contributed by atoms with Crippen LogP contribution in [0.5, 0.6) is 0 Å². The fourth-order valence-electron chi connectivity index (χ4n) is 5.39. The topological polar surface area (TPSA) is 69.0 Å². The number of rotatable bonds is 10. The van der Waals surface area contributed by atoms with Crippen molar-refractivity contribution >= 4 is 22.7 Å². The molecule has 0 aliphatic carbocycles. The summed E-state index contributed by atoms with van der Waals surface area (Å²) in [5.41, 5.74) is 4.92. The van der Waals surface area contributed by atoms with Gasteiger partial charge in [-0.1, -0.05) is 24.3 Å². The van der Waals surface area contributed by atoms with Gasteiger partial charge >= 0.3 is 0 Å². The Kier molecular flexibility index (Phi) is 9.01. The van der Waals surface area contributed by atoms with Gasteiger partial charge in [0.2, 0.25) is 0 Å². The van der Waals surface area contributed by atoms with Gasteiger partial charge < -0.3 is 14.7 Å². The zero-order valence-corrected chi connectivity index (χ0v) is 23.1. The molecule has 0 bridgehead atoms. The van der Waals surface area contributed by atoms with Crippen molar-refractivity contribution in [2.45, 2.75) is 19.8 Å². The van der Waals surface area contributed by atoms with E-state index in [2.05, 4.69) is 61.2 Å². The molecule has 2 aromatic carbocycles. The number of benzene rings is 2. The van der Waals surface area contributed by atoms with Gasteiger partial charge in [0.1, 0.15) is 0 Å². The quantitative estimate of drug-likeness (QED) is 0.282. The fraction of sp³-hybridized carbons (Fsp3) is 0.483. The molecule has 0 saturated carbocycles. The van der Waals surface area contributed by atoms with Crippen LogP contribution < -0.4 is 4.90 Å². The highest BCUT2D eigenvalue weighted by atomic mass is 32.1. The molecule has 38 heavy (non-hydrogen) atoms. The summed E-state index contributed by atoms with van der Waals surface area (Å²) in [5, 5.41) is 14.1. The summed E-state index contributed by atoms with van der Waals surface area (Å²) in [6.07, 6.45) is 2.31. The van der Waals surface area contributed by atoms with Gasteiger partial charge in [0.05, 0.1) is 15.6 Å². The van der Waals surface area contributed by atoms with Gasteiger partial charge in [-0.05, 0) is 50.6 Å². The third kappa shape index (κ3) is 7.17. The number of thiazole rings is 1. The lowest BCUT2D eigenvalue weighted by Crippen LogP contribution is -2.49. The lowest BCUT2D eigenvalue weighted by Gasteiger charge is -2.37. The minimum Gasteiger partial charge on any atom is -0.369 e. The van der Waals surface area contributed by atoms with Crippen LogP contribution in [0, 0.1) is 17.0 Å². The Bertz CT molecular complexity index is 1170. The smallest absolute Gasteiger partial charge is 0.269 e. The Balaban J connectivity index is 0.948. The predicted octanol–water partition coefficient (Wildman–Crippen LogP) is 4.40. The summed E-state index contributed by atoms with van der Waals surface area (Å²) < 4.78 is 0. The van der Waals surface area contributed by atoms with Crippen molar-refractivity contribution in [3.63, 3.8) is 0 Å². The van der Waals surface area contributed by atoms with E-state index in [0.29, 0.717) is 0 Å². The van der Waals surface area contributed by atoms with Crippen molar-refractivity contribution in [3.05, 3.63) is 74.6 Å². The minimum absolute atomic E-state index is 0.154. The zero-order valence-electron chi connectivity index (χ0n) is 22.3. The second-order valence-corrected chi connectivity index (χ2v) is 11.4. The average Bonchev–Trinajstić information content (AvgIpc) is 3.39. The normalized spacial score (nSPS) is 17.7. The highest BCUT2D eigenvalue weighted by Crippen LogP contribution is 2.23. The maximum atomic E-state index is 10.9. The molecule has 8 nitrogen and oxygen atoms in total. The number of nitro benzene ring substituents is 1. The van der Waals surface area contributed by atoms with Crippen LogP contribution in [0.15, 0.2) is 53.9 Å². The third-order valence-corrected chi connectivity index (χ3v) is 8.57. The average molecular weight is 535 g/mol. The van der Waals surface area contributed by atoms with Crippen LogP contribution in [-0.4, -0.2) is 96.6 Å². The second kappa shape index (κ2) is 12.8. The summed E-state index contributed by atoms with van der Waals surface area (Å²) in [7, 11) is 0. The van der Waals surface area contributed by atoms with Crippen LogP contribution in [0.25, 0.3) is 11.3 Å². The van der Waals surface area contributed by atoms with E-state index in [9.17, 15) is 10.1 Å². The molecule has 0 unspecified atom stereocenters. The van der Waals surface area contributed by atoms with Gasteiger partial charge in [0, 0.05) is 87.7 Å². The zero-order chi connectivity index (χ0) is 26.3. The summed E-state index contributed by atoms with van der Waals surface area (Å²) in [5.74, 6) is 0. The lowest BCUT2D eigenvalue weighted by atomic mass is 10.1. The molecule has 0 atom stereocenters. The predicted molar refractivity (Wildman–Crippen MR) is 155 cm³/mol. The number of aryl methyl sites for hydroxylation is 1. The summed E-state index contributed by atoms with van der Waals surface area (Å²) in [4.78, 5) is 25.2. The van der Waals surface area contributed by atoms with Crippen molar-refractivity contribution in [1.29, 1.82) is 0 Å². The van der Waals surface area contributed by atoms with E-state index in [1.807, 2.05) is 12.1 Å². The van der Waals surface area contributed by atoms with Crippen LogP contribution in [-0.2, 0) is 6.42 Å². The first-order valence-electron chi connectivity index (χ1n) is 13.7. The fourth-order valence-corrected chi connectivity index (χ4v) is 6.02. The summed E-state index contributed by atoms with van der Waals surface area (Å²) in [6, 6.07) is 15.9. The molecule has 1 aromatic heterocycles. The van der Waals surface area contributed by atoms with Crippen molar-refractivity contribution in [1.82, 2.24) is 19.7 Å². The number of anilines is 1. The Hall–Kier alpha value is -2.85. The number of nitro groups is 1. The Morgan fingerprint density at radius 1 is 0.816 bits per heavy atom. The first-order valence-corrected chi connectivity index (χ1v) is 14.6. The third-order valence-electron chi connectivity index (χ3n) is 7.80. The number of hydrogen-bond donors (Lipinski definition) is 0. The minimum atomic E-state index is -0.341. The number of nitrogens with zero attached hydrogens (tertiary/aromatic N) is 6. The second-order valence-electron chi connectivity index (χ2n) is 10.3. The van der Waals surface area contributed by atoms with Crippen LogP contribution in [0.3, 0.4) is 0 Å². The van der Waals surface area contributed by atoms with E-state index < -0.39 is 0 Å². The first-order chi connectivity index (χ1) is 18.5. The van der Waals surface area contributed by atoms with Crippen LogP contribution in [0.1, 0.15) is 17.0 Å². The molecular weight excluding hydrogens is 496 g/mol. The first kappa shape index (κ1) is 26.7. The van der Waals surface area contributed by atoms with Crippen molar-refractivity contribution in [3.8, 4) is 11.3 Å². The largest absolute Gasteiger partial charge is 0.369 e. The van der Waals surface area contributed by atoms with Crippen LogP contribution in [0.2, 0.25) is 0 Å². The van der Waals surface area contributed by atoms with Gasteiger partial charge in [-0.3, -0.25) is 15.0 Å². The molecule has 3 heterocycles. The van der Waals surface area contributed by atoms with Gasteiger partial charge in [0.15, 0.2) is 0 Å². The van der Waals surface area contributed by atoms with Gasteiger partial charge in [-0.25, -0.2) is 4.98 Å². The lowest BCUT2D eigenvalue weighted by molar-refractivity contribution is -0.384. The van der Waals surface area contributed by atoms with Gasteiger partial charge in [0.25, 0.3) is 5.69 Å².